The van der Waals surface area contributed by atoms with Crippen LogP contribution in [0.15, 0.2) is 12.7 Å². The van der Waals surface area contributed by atoms with Gasteiger partial charge >= 0.3 is 5.97 Å². The zero-order valence-corrected chi connectivity index (χ0v) is 10.1. The first-order valence-electron chi connectivity index (χ1n) is 5.57. The van der Waals surface area contributed by atoms with Gasteiger partial charge in [-0.15, -0.1) is 6.58 Å². The van der Waals surface area contributed by atoms with Crippen molar-refractivity contribution >= 4 is 5.97 Å². The Bertz CT molecular complexity index is 258. The molecule has 1 unspecified atom stereocenters. The van der Waals surface area contributed by atoms with Crippen LogP contribution in [0, 0.1) is 11.3 Å². The number of rotatable bonds is 8. The van der Waals surface area contributed by atoms with Gasteiger partial charge in [-0.1, -0.05) is 13.0 Å². The Balaban J connectivity index is 4.39. The number of carbonyl (C=O) groups excluding carboxylic acids is 1. The van der Waals surface area contributed by atoms with E-state index < -0.39 is 0 Å². The van der Waals surface area contributed by atoms with Crippen molar-refractivity contribution in [3.63, 3.8) is 0 Å². The van der Waals surface area contributed by atoms with Crippen LogP contribution in [0.25, 0.3) is 0 Å². The lowest BCUT2D eigenvalue weighted by atomic mass is 10.1. The molecule has 0 heterocycles. The maximum atomic E-state index is 11.4. The summed E-state index contributed by atoms with van der Waals surface area (Å²) in [6.45, 7) is 8.64. The minimum absolute atomic E-state index is 0.0902. The van der Waals surface area contributed by atoms with Crippen LogP contribution in [-0.2, 0) is 9.53 Å². The van der Waals surface area contributed by atoms with E-state index in [0.29, 0.717) is 19.6 Å². The first-order valence-corrected chi connectivity index (χ1v) is 5.57. The summed E-state index contributed by atoms with van der Waals surface area (Å²) < 4.78 is 4.89. The van der Waals surface area contributed by atoms with Gasteiger partial charge in [0, 0.05) is 12.6 Å². The molecule has 0 fully saturated rings. The van der Waals surface area contributed by atoms with Crippen LogP contribution in [-0.4, -0.2) is 36.6 Å². The van der Waals surface area contributed by atoms with E-state index in [2.05, 4.69) is 12.6 Å². The molecule has 4 heteroatoms. The Kier molecular flexibility index (Phi) is 8.18. The van der Waals surface area contributed by atoms with Crippen molar-refractivity contribution < 1.29 is 9.53 Å². The Morgan fingerprint density at radius 3 is 2.75 bits per heavy atom. The number of carbonyl (C=O) groups is 1. The molecule has 0 bridgehead atoms. The highest BCUT2D eigenvalue weighted by atomic mass is 16.5. The van der Waals surface area contributed by atoms with Gasteiger partial charge in [-0.05, 0) is 13.3 Å². The summed E-state index contributed by atoms with van der Waals surface area (Å²) in [7, 11) is 0. The van der Waals surface area contributed by atoms with Crippen molar-refractivity contribution in [2.24, 2.45) is 0 Å². The normalized spacial score (nSPS) is 11.9. The van der Waals surface area contributed by atoms with E-state index in [-0.39, 0.29) is 18.6 Å². The van der Waals surface area contributed by atoms with Gasteiger partial charge < -0.3 is 4.74 Å². The summed E-state index contributed by atoms with van der Waals surface area (Å²) in [4.78, 5) is 13.3. The summed E-state index contributed by atoms with van der Waals surface area (Å²) in [6.07, 6.45) is 2.99. The molecule has 0 aliphatic heterocycles. The molecule has 0 aliphatic rings. The molecule has 16 heavy (non-hydrogen) atoms. The number of hydrogen-bond donors (Lipinski definition) is 0. The van der Waals surface area contributed by atoms with Crippen molar-refractivity contribution in [1.82, 2.24) is 4.90 Å². The van der Waals surface area contributed by atoms with Crippen LogP contribution in [0.2, 0.25) is 0 Å². The second kappa shape index (κ2) is 8.93. The second-order valence-corrected chi connectivity index (χ2v) is 3.45. The Morgan fingerprint density at radius 2 is 2.31 bits per heavy atom. The molecular formula is C12H20N2O2. The third kappa shape index (κ3) is 5.52. The molecule has 0 aromatic carbocycles. The lowest BCUT2D eigenvalue weighted by Gasteiger charge is -2.27. The molecule has 0 saturated carbocycles. The fourth-order valence-corrected chi connectivity index (χ4v) is 1.52. The average Bonchev–Trinajstić information content (AvgIpc) is 2.25. The predicted octanol–water partition coefficient (Wildman–Crippen LogP) is 1.73. The van der Waals surface area contributed by atoms with Crippen LogP contribution >= 0.6 is 0 Å². The average molecular weight is 224 g/mol. The van der Waals surface area contributed by atoms with Crippen LogP contribution in [0.4, 0.5) is 0 Å². The van der Waals surface area contributed by atoms with Crippen molar-refractivity contribution in [1.29, 1.82) is 5.26 Å². The zero-order chi connectivity index (χ0) is 12.4. The van der Waals surface area contributed by atoms with Gasteiger partial charge in [0.05, 0.1) is 25.6 Å². The van der Waals surface area contributed by atoms with E-state index in [9.17, 15) is 4.79 Å². The van der Waals surface area contributed by atoms with E-state index in [1.165, 1.54) is 0 Å². The minimum atomic E-state index is -0.249. The van der Waals surface area contributed by atoms with Gasteiger partial charge in [0.1, 0.15) is 0 Å². The molecule has 0 spiro atoms. The maximum Gasteiger partial charge on any atom is 0.320 e. The standard InChI is InChI=1S/C12H20N2O2/c1-4-9-14(10-12(15)16-6-3)11(5-2)7-8-13/h4,11H,1,5-7,9-10H2,2-3H3. The van der Waals surface area contributed by atoms with E-state index in [1.807, 2.05) is 11.8 Å². The van der Waals surface area contributed by atoms with E-state index >= 15 is 0 Å². The fourth-order valence-electron chi connectivity index (χ4n) is 1.52. The van der Waals surface area contributed by atoms with E-state index in [1.54, 1.807) is 13.0 Å². The molecule has 0 saturated heterocycles. The number of nitriles is 1. The first-order chi connectivity index (χ1) is 7.69. The SMILES string of the molecule is C=CCN(CC(=O)OCC)C(CC)CC#N. The first kappa shape index (κ1) is 14.7. The van der Waals surface area contributed by atoms with Gasteiger partial charge in [-0.2, -0.15) is 5.26 Å². The number of hydrogen-bond acceptors (Lipinski definition) is 4. The predicted molar refractivity (Wildman–Crippen MR) is 62.7 cm³/mol. The van der Waals surface area contributed by atoms with Gasteiger partial charge in [-0.3, -0.25) is 9.69 Å². The summed E-state index contributed by atoms with van der Waals surface area (Å²) >= 11 is 0. The van der Waals surface area contributed by atoms with Crippen molar-refractivity contribution in [3.8, 4) is 6.07 Å². The highest BCUT2D eigenvalue weighted by Crippen LogP contribution is 2.08. The van der Waals surface area contributed by atoms with E-state index in [4.69, 9.17) is 10.00 Å². The Labute approximate surface area is 97.5 Å². The molecule has 0 aromatic rings. The third-order valence-electron chi connectivity index (χ3n) is 2.32. The highest BCUT2D eigenvalue weighted by Gasteiger charge is 2.18. The van der Waals surface area contributed by atoms with Crippen molar-refractivity contribution in [3.05, 3.63) is 12.7 Å². The fraction of sp³-hybridized carbons (Fsp3) is 0.667. The molecule has 0 N–H and O–H groups in total. The molecule has 1 atom stereocenters. The Morgan fingerprint density at radius 1 is 1.62 bits per heavy atom. The number of esters is 1. The van der Waals surface area contributed by atoms with Gasteiger partial charge in [-0.25, -0.2) is 0 Å². The Hall–Kier alpha value is -1.34. The van der Waals surface area contributed by atoms with Crippen LogP contribution < -0.4 is 0 Å². The lowest BCUT2D eigenvalue weighted by Crippen LogP contribution is -2.39. The van der Waals surface area contributed by atoms with Gasteiger partial charge in [0.25, 0.3) is 0 Å². The second-order valence-electron chi connectivity index (χ2n) is 3.45. The summed E-state index contributed by atoms with van der Waals surface area (Å²) in [6, 6.07) is 2.22. The maximum absolute atomic E-state index is 11.4. The van der Waals surface area contributed by atoms with Gasteiger partial charge in [0.2, 0.25) is 0 Å². The lowest BCUT2D eigenvalue weighted by molar-refractivity contribution is -0.144. The largest absolute Gasteiger partial charge is 0.465 e. The highest BCUT2D eigenvalue weighted by molar-refractivity contribution is 5.71. The molecule has 0 amide bonds. The summed E-state index contributed by atoms with van der Waals surface area (Å²) in [5, 5.41) is 8.70. The minimum Gasteiger partial charge on any atom is -0.465 e. The molecule has 90 valence electrons. The van der Waals surface area contributed by atoms with Crippen LogP contribution in [0.3, 0.4) is 0 Å². The monoisotopic (exact) mass is 224 g/mol. The van der Waals surface area contributed by atoms with Gasteiger partial charge in [0.15, 0.2) is 0 Å². The molecule has 0 aromatic heterocycles. The summed E-state index contributed by atoms with van der Waals surface area (Å²) in [5.74, 6) is -0.249. The third-order valence-corrected chi connectivity index (χ3v) is 2.32. The molecule has 0 radical (unpaired) electrons. The quantitative estimate of drug-likeness (QED) is 0.465. The summed E-state index contributed by atoms with van der Waals surface area (Å²) in [5.41, 5.74) is 0. The number of ether oxygens (including phenoxy) is 1. The van der Waals surface area contributed by atoms with Crippen LogP contribution in [0.1, 0.15) is 26.7 Å². The number of nitrogens with zero attached hydrogens (tertiary/aromatic N) is 2. The van der Waals surface area contributed by atoms with Crippen molar-refractivity contribution in [2.45, 2.75) is 32.7 Å². The molecule has 4 nitrogen and oxygen atoms in total. The topological polar surface area (TPSA) is 53.3 Å². The molecular weight excluding hydrogens is 204 g/mol. The smallest absolute Gasteiger partial charge is 0.320 e. The molecule has 0 rings (SSSR count). The van der Waals surface area contributed by atoms with Crippen molar-refractivity contribution in [2.75, 3.05) is 19.7 Å². The van der Waals surface area contributed by atoms with Crippen LogP contribution in [0.5, 0.6) is 0 Å². The molecule has 0 aliphatic carbocycles. The van der Waals surface area contributed by atoms with E-state index in [0.717, 1.165) is 6.42 Å². The zero-order valence-electron chi connectivity index (χ0n) is 10.1.